The number of H-pyrrole nitrogens is 1. The number of thiazole rings is 1. The molecule has 0 amide bonds. The molecule has 0 saturated heterocycles. The minimum absolute atomic E-state index is 0.558. The van der Waals surface area contributed by atoms with E-state index in [0.29, 0.717) is 5.92 Å². The number of aromatic nitrogens is 2. The summed E-state index contributed by atoms with van der Waals surface area (Å²) in [6.07, 6.45) is 4.04. The van der Waals surface area contributed by atoms with Gasteiger partial charge in [0.1, 0.15) is 0 Å². The average Bonchev–Trinajstić information content (AvgIpc) is 2.96. The molecule has 0 aromatic carbocycles. The zero-order chi connectivity index (χ0) is 11.4. The Balaban J connectivity index is 2.08. The first kappa shape index (κ1) is 11.4. The zero-order valence-corrected chi connectivity index (χ0v) is 10.3. The molecule has 1 unspecified atom stereocenters. The van der Waals surface area contributed by atoms with Gasteiger partial charge in [-0.2, -0.15) is 0 Å². The molecule has 0 saturated carbocycles. The van der Waals surface area contributed by atoms with Crippen molar-refractivity contribution in [2.24, 2.45) is 11.7 Å². The Morgan fingerprint density at radius 2 is 2.44 bits per heavy atom. The van der Waals surface area contributed by atoms with Crippen LogP contribution in [0, 0.1) is 5.92 Å². The molecule has 0 aliphatic heterocycles. The molecule has 0 spiro atoms. The number of rotatable bonds is 5. The fourth-order valence-electron chi connectivity index (χ4n) is 1.66. The maximum atomic E-state index is 5.70. The van der Waals surface area contributed by atoms with Crippen molar-refractivity contribution in [3.05, 3.63) is 28.7 Å². The van der Waals surface area contributed by atoms with E-state index in [1.54, 1.807) is 11.3 Å². The molecule has 0 radical (unpaired) electrons. The van der Waals surface area contributed by atoms with Gasteiger partial charge in [-0.25, -0.2) is 4.98 Å². The van der Waals surface area contributed by atoms with E-state index < -0.39 is 0 Å². The first-order chi connectivity index (χ1) is 7.83. The zero-order valence-electron chi connectivity index (χ0n) is 9.44. The van der Waals surface area contributed by atoms with Crippen molar-refractivity contribution in [2.45, 2.75) is 19.8 Å². The normalized spacial score (nSPS) is 12.9. The molecule has 0 fully saturated rings. The van der Waals surface area contributed by atoms with Crippen LogP contribution in [0.3, 0.4) is 0 Å². The maximum Gasteiger partial charge on any atom is 0.0976 e. The molecule has 86 valence electrons. The van der Waals surface area contributed by atoms with Crippen LogP contribution in [0.5, 0.6) is 0 Å². The first-order valence-corrected chi connectivity index (χ1v) is 6.49. The lowest BCUT2D eigenvalue weighted by molar-refractivity contribution is 0.518. The van der Waals surface area contributed by atoms with Crippen molar-refractivity contribution in [1.29, 1.82) is 0 Å². The van der Waals surface area contributed by atoms with E-state index in [0.717, 1.165) is 30.8 Å². The first-order valence-electron chi connectivity index (χ1n) is 5.61. The second kappa shape index (κ2) is 5.27. The predicted octanol–water partition coefficient (Wildman–Crippen LogP) is 2.67. The maximum absolute atomic E-state index is 5.70. The topological polar surface area (TPSA) is 54.7 Å². The van der Waals surface area contributed by atoms with Crippen molar-refractivity contribution in [2.75, 3.05) is 6.54 Å². The lowest BCUT2D eigenvalue weighted by Gasteiger charge is -2.08. The SMILES string of the molecule is CCC(CN)Cc1nc(-c2ccc[nH]2)cs1. The van der Waals surface area contributed by atoms with Gasteiger partial charge >= 0.3 is 0 Å². The summed E-state index contributed by atoms with van der Waals surface area (Å²) in [5, 5.41) is 3.28. The highest BCUT2D eigenvalue weighted by Gasteiger charge is 2.10. The van der Waals surface area contributed by atoms with Crippen molar-refractivity contribution in [3.63, 3.8) is 0 Å². The molecule has 2 rings (SSSR count). The standard InChI is InChI=1S/C12H17N3S/c1-2-9(7-13)6-12-15-11(8-16-12)10-4-3-5-14-10/h3-5,8-9,14H,2,6-7,13H2,1H3. The van der Waals surface area contributed by atoms with Crippen molar-refractivity contribution in [1.82, 2.24) is 9.97 Å². The van der Waals surface area contributed by atoms with E-state index in [-0.39, 0.29) is 0 Å². The minimum Gasteiger partial charge on any atom is -0.360 e. The summed E-state index contributed by atoms with van der Waals surface area (Å²) in [7, 11) is 0. The molecule has 4 heteroatoms. The van der Waals surface area contributed by atoms with E-state index in [9.17, 15) is 0 Å². The van der Waals surface area contributed by atoms with Crippen LogP contribution in [0.2, 0.25) is 0 Å². The van der Waals surface area contributed by atoms with Crippen LogP contribution in [-0.4, -0.2) is 16.5 Å². The van der Waals surface area contributed by atoms with Crippen LogP contribution in [-0.2, 0) is 6.42 Å². The van der Waals surface area contributed by atoms with Gasteiger partial charge in [-0.15, -0.1) is 11.3 Å². The van der Waals surface area contributed by atoms with Crippen molar-refractivity contribution >= 4 is 11.3 Å². The molecular formula is C12H17N3S. The largest absolute Gasteiger partial charge is 0.360 e. The minimum atomic E-state index is 0.558. The second-order valence-corrected chi connectivity index (χ2v) is 4.87. The molecule has 1 atom stereocenters. The Labute approximate surface area is 99.7 Å². The summed E-state index contributed by atoms with van der Waals surface area (Å²) in [5.41, 5.74) is 7.83. The van der Waals surface area contributed by atoms with Gasteiger partial charge in [-0.3, -0.25) is 0 Å². The number of hydrogen-bond acceptors (Lipinski definition) is 3. The molecule has 0 bridgehead atoms. The number of hydrogen-bond donors (Lipinski definition) is 2. The Morgan fingerprint density at radius 1 is 1.56 bits per heavy atom. The Hall–Kier alpha value is -1.13. The summed E-state index contributed by atoms with van der Waals surface area (Å²) in [4.78, 5) is 7.79. The Kier molecular flexibility index (Phi) is 3.74. The Bertz CT molecular complexity index is 415. The number of nitrogens with two attached hydrogens (primary N) is 1. The van der Waals surface area contributed by atoms with Crippen LogP contribution in [0.15, 0.2) is 23.7 Å². The predicted molar refractivity (Wildman–Crippen MR) is 68.4 cm³/mol. The number of aromatic amines is 1. The van der Waals surface area contributed by atoms with Crippen molar-refractivity contribution in [3.8, 4) is 11.4 Å². The van der Waals surface area contributed by atoms with Gasteiger partial charge in [0.25, 0.3) is 0 Å². The van der Waals surface area contributed by atoms with Gasteiger partial charge in [-0.1, -0.05) is 13.3 Å². The Morgan fingerprint density at radius 3 is 3.06 bits per heavy atom. The van der Waals surface area contributed by atoms with Crippen LogP contribution in [0.1, 0.15) is 18.4 Å². The molecular weight excluding hydrogens is 218 g/mol. The summed E-state index contributed by atoms with van der Waals surface area (Å²) >= 11 is 1.72. The quantitative estimate of drug-likeness (QED) is 0.837. The van der Waals surface area contributed by atoms with E-state index in [1.807, 2.05) is 18.3 Å². The van der Waals surface area contributed by atoms with Crippen LogP contribution < -0.4 is 5.73 Å². The third-order valence-corrected chi connectivity index (χ3v) is 3.67. The lowest BCUT2D eigenvalue weighted by atomic mass is 10.0. The molecule has 3 nitrogen and oxygen atoms in total. The molecule has 0 aliphatic rings. The molecule has 2 heterocycles. The van der Waals surface area contributed by atoms with Gasteiger partial charge in [0, 0.05) is 18.0 Å². The summed E-state index contributed by atoms with van der Waals surface area (Å²) in [6.45, 7) is 2.92. The van der Waals surface area contributed by atoms with Gasteiger partial charge in [0.2, 0.25) is 0 Å². The van der Waals surface area contributed by atoms with Gasteiger partial charge in [-0.05, 0) is 24.6 Å². The fraction of sp³-hybridized carbons (Fsp3) is 0.417. The second-order valence-electron chi connectivity index (χ2n) is 3.92. The lowest BCUT2D eigenvalue weighted by Crippen LogP contribution is -2.15. The van der Waals surface area contributed by atoms with Gasteiger partial charge < -0.3 is 10.7 Å². The highest BCUT2D eigenvalue weighted by molar-refractivity contribution is 7.09. The highest BCUT2D eigenvalue weighted by Crippen LogP contribution is 2.22. The smallest absolute Gasteiger partial charge is 0.0976 e. The van der Waals surface area contributed by atoms with Crippen LogP contribution in [0.4, 0.5) is 0 Å². The number of nitrogens with one attached hydrogen (secondary N) is 1. The third-order valence-electron chi connectivity index (χ3n) is 2.80. The molecule has 3 N–H and O–H groups in total. The van der Waals surface area contributed by atoms with Gasteiger partial charge in [0.05, 0.1) is 16.4 Å². The van der Waals surface area contributed by atoms with E-state index >= 15 is 0 Å². The highest BCUT2D eigenvalue weighted by atomic mass is 32.1. The van der Waals surface area contributed by atoms with Crippen LogP contribution >= 0.6 is 11.3 Å². The van der Waals surface area contributed by atoms with E-state index in [1.165, 1.54) is 5.01 Å². The summed E-state index contributed by atoms with van der Waals surface area (Å²) < 4.78 is 0. The molecule has 16 heavy (non-hydrogen) atoms. The fourth-order valence-corrected chi connectivity index (χ4v) is 2.57. The third kappa shape index (κ3) is 2.51. The molecule has 2 aromatic rings. The molecule has 0 aliphatic carbocycles. The summed E-state index contributed by atoms with van der Waals surface area (Å²) in [6, 6.07) is 4.03. The van der Waals surface area contributed by atoms with E-state index in [2.05, 4.69) is 22.3 Å². The van der Waals surface area contributed by atoms with Gasteiger partial charge in [0.15, 0.2) is 0 Å². The van der Waals surface area contributed by atoms with E-state index in [4.69, 9.17) is 5.73 Å². The van der Waals surface area contributed by atoms with Crippen LogP contribution in [0.25, 0.3) is 11.4 Å². The monoisotopic (exact) mass is 235 g/mol. The van der Waals surface area contributed by atoms with Crippen molar-refractivity contribution < 1.29 is 0 Å². The number of nitrogens with zero attached hydrogens (tertiary/aromatic N) is 1. The molecule has 2 aromatic heterocycles. The summed E-state index contributed by atoms with van der Waals surface area (Å²) in [5.74, 6) is 0.558. The average molecular weight is 235 g/mol.